The van der Waals surface area contributed by atoms with E-state index in [1.807, 2.05) is 12.1 Å². The van der Waals surface area contributed by atoms with Crippen LogP contribution < -0.4 is 30.9 Å². The summed E-state index contributed by atoms with van der Waals surface area (Å²) in [5, 5.41) is 53.0. The average molecular weight is 1410 g/mol. The first kappa shape index (κ1) is 73.7. The molecule has 2 amide bonds. The van der Waals surface area contributed by atoms with Crippen molar-refractivity contribution in [3.63, 3.8) is 0 Å². The van der Waals surface area contributed by atoms with Crippen LogP contribution in [0.2, 0.25) is 11.5 Å². The number of rotatable bonds is 27. The van der Waals surface area contributed by atoms with Crippen molar-refractivity contribution in [1.29, 1.82) is 0 Å². The Balaban J connectivity index is 1.29. The van der Waals surface area contributed by atoms with Crippen molar-refractivity contribution < 1.29 is 51.1 Å². The summed E-state index contributed by atoms with van der Waals surface area (Å²) >= 11 is -2.99. The van der Waals surface area contributed by atoms with Crippen molar-refractivity contribution in [1.82, 2.24) is 29.0 Å². The van der Waals surface area contributed by atoms with Crippen molar-refractivity contribution >= 4 is 113 Å². The second kappa shape index (κ2) is 30.3. The average Bonchev–Trinajstić information content (AvgIpc) is 0.545. The number of carbonyl (C=O) groups excluding carboxylic acids is 2. The Kier molecular flexibility index (Phi) is 23.0. The van der Waals surface area contributed by atoms with E-state index in [0.29, 0.717) is 48.2 Å². The predicted molar refractivity (Wildman–Crippen MR) is 397 cm³/mol. The second-order valence-corrected chi connectivity index (χ2v) is 40.2. The van der Waals surface area contributed by atoms with E-state index in [1.165, 1.54) is 90.1 Å². The Bertz CT molecular complexity index is 4650. The molecular formula is C74H91B2GeN8O10S2+. The van der Waals surface area contributed by atoms with Gasteiger partial charge < -0.3 is 30.7 Å². The van der Waals surface area contributed by atoms with Crippen LogP contribution in [0.1, 0.15) is 65.6 Å². The molecule has 23 heteroatoms. The standard InChI is InChI=1S/C74H90B2GeN8O10S2/c1-48(2)73(86)78-34-18-36-84(44-53-38-57(96(92,93)82(12)13)27-32-68(53)75(88)89)46-66-59-20-16-17-21-60(59)67(47-85(37-19-35-79-74(87)49(3)4)45-54-39-58(97(94,95)83(14)15)28-33-69(54)76(90)91)65-41-52(24-29-61(65)66)51-23-22-50(5)64(40-51)72-62-30-25-55(80(8)9)42-70(62)77(6,7)71-43-56(81(10)11)26-31-63(71)72/h16-17,20-33,38-43,88-91H,1,3,18-19,34-37,44-47H2,2,4-15H3,(H-,78,79,86,87)/p+1. The topological polar surface area (TPSA) is 227 Å². The summed E-state index contributed by atoms with van der Waals surface area (Å²) < 4.78 is 62.2. The summed E-state index contributed by atoms with van der Waals surface area (Å²) in [4.78, 5) is 32.1. The first-order chi connectivity index (χ1) is 45.7. The molecule has 0 unspecified atom stereocenters. The fourth-order valence-corrected chi connectivity index (χ4v) is 21.3. The van der Waals surface area contributed by atoms with Crippen LogP contribution in [-0.2, 0) is 55.8 Å². The van der Waals surface area contributed by atoms with Gasteiger partial charge in [0.2, 0.25) is 31.9 Å². The molecule has 1 aliphatic heterocycles. The number of amides is 2. The van der Waals surface area contributed by atoms with Crippen molar-refractivity contribution in [2.75, 3.05) is 87.5 Å². The Morgan fingerprint density at radius 3 is 1.54 bits per heavy atom. The van der Waals surface area contributed by atoms with Crippen LogP contribution in [0.3, 0.4) is 0 Å². The van der Waals surface area contributed by atoms with Gasteiger partial charge in [-0.25, -0.2) is 25.4 Å². The van der Waals surface area contributed by atoms with E-state index in [1.54, 1.807) is 13.8 Å². The van der Waals surface area contributed by atoms with Crippen molar-refractivity contribution in [3.8, 4) is 11.1 Å². The Morgan fingerprint density at radius 1 is 0.577 bits per heavy atom. The number of sulfonamides is 2. The van der Waals surface area contributed by atoms with Crippen LogP contribution in [-0.4, -0.2) is 188 Å². The number of carbonyl (C=O) groups is 2. The number of allylic oxidation sites excluding steroid dienone is 5. The third kappa shape index (κ3) is 16.0. The molecule has 0 saturated heterocycles. The molecule has 508 valence electrons. The van der Waals surface area contributed by atoms with Crippen molar-refractivity contribution in [2.24, 2.45) is 0 Å². The SMILES string of the molecule is C=C(C)C(=O)NCCCN(Cc1cc(S(=O)(=O)N(C)C)ccc1B(O)O)Cc1c2ccccc2c(CN(CCCNC(=O)C(=C)C)Cc2cc(S(=O)(=O)N(C)C)ccc2B(O)O)c2cc(-c3ccc(C)c(C4=C5C=CC(=[N+](C)C)C=[C]5[Ge]([CH3])([CH3])[c]5cc(N(C)C)ccc54)c3)ccc12. The van der Waals surface area contributed by atoms with E-state index in [2.05, 4.69) is 175 Å². The monoisotopic (exact) mass is 1410 g/mol. The van der Waals surface area contributed by atoms with Crippen LogP contribution in [0.15, 0.2) is 178 Å². The summed E-state index contributed by atoms with van der Waals surface area (Å²) in [7, 11) is 2.26. The number of nitrogens with one attached hydrogen (secondary N) is 2. The van der Waals surface area contributed by atoms with Crippen LogP contribution >= 0.6 is 0 Å². The molecule has 7 aromatic rings. The summed E-state index contributed by atoms with van der Waals surface area (Å²) in [5.41, 5.74) is 13.6. The molecule has 1 heterocycles. The minimum atomic E-state index is -3.98. The molecule has 0 saturated carbocycles. The molecule has 1 aliphatic carbocycles. The van der Waals surface area contributed by atoms with E-state index in [0.717, 1.165) is 74.9 Å². The summed E-state index contributed by atoms with van der Waals surface area (Å²) in [6, 6.07) is 36.7. The number of hydrogen-bond acceptors (Lipinski definition) is 13. The predicted octanol–water partition coefficient (Wildman–Crippen LogP) is 6.54. The maximum absolute atomic E-state index is 13.8. The zero-order valence-electron chi connectivity index (χ0n) is 58.1. The molecule has 97 heavy (non-hydrogen) atoms. The summed E-state index contributed by atoms with van der Waals surface area (Å²) in [5.74, 6) is 4.39. The van der Waals surface area contributed by atoms with E-state index in [9.17, 15) is 46.5 Å². The summed E-state index contributed by atoms with van der Waals surface area (Å²) in [6.45, 7) is 15.0. The van der Waals surface area contributed by atoms with E-state index >= 15 is 0 Å². The molecule has 0 radical (unpaired) electrons. The van der Waals surface area contributed by atoms with Gasteiger partial charge in [0.25, 0.3) is 0 Å². The number of hydrogen-bond donors (Lipinski definition) is 6. The minimum absolute atomic E-state index is 0.0226. The van der Waals surface area contributed by atoms with Gasteiger partial charge in [0.1, 0.15) is 0 Å². The number of aryl methyl sites for hydroxylation is 1. The Morgan fingerprint density at radius 2 is 1.06 bits per heavy atom. The van der Waals surface area contributed by atoms with Gasteiger partial charge >= 0.3 is 272 Å². The molecule has 0 atom stereocenters. The zero-order valence-corrected chi connectivity index (χ0v) is 61.8. The van der Waals surface area contributed by atoms with Crippen LogP contribution in [0, 0.1) is 6.92 Å². The van der Waals surface area contributed by atoms with Gasteiger partial charge in [0.15, 0.2) is 0 Å². The fourth-order valence-electron chi connectivity index (χ4n) is 13.0. The molecule has 0 aromatic heterocycles. The van der Waals surface area contributed by atoms with E-state index in [-0.39, 0.29) is 71.8 Å². The third-order valence-electron chi connectivity index (χ3n) is 18.6. The molecule has 9 rings (SSSR count). The quantitative estimate of drug-likeness (QED) is 0.0106. The maximum atomic E-state index is 13.8. The number of nitrogens with zero attached hydrogens (tertiary/aromatic N) is 6. The number of benzene rings is 7. The third-order valence-corrected chi connectivity index (χ3v) is 29.6. The number of anilines is 1. The fraction of sp³-hybridized carbons (Fsp3) is 0.311. The van der Waals surface area contributed by atoms with Gasteiger partial charge in [-0.15, -0.1) is 0 Å². The zero-order chi connectivity index (χ0) is 70.7. The van der Waals surface area contributed by atoms with E-state index < -0.39 is 47.5 Å². The van der Waals surface area contributed by atoms with Gasteiger partial charge in [0, 0.05) is 78.6 Å². The van der Waals surface area contributed by atoms with Gasteiger partial charge in [-0.2, -0.15) is 0 Å². The molecule has 0 spiro atoms. The van der Waals surface area contributed by atoms with Crippen LogP contribution in [0.5, 0.6) is 0 Å². The molecule has 0 fully saturated rings. The first-order valence-electron chi connectivity index (χ1n) is 32.5. The van der Waals surface area contributed by atoms with Gasteiger partial charge in [-0.05, 0) is 73.0 Å². The summed E-state index contributed by atoms with van der Waals surface area (Å²) in [6.07, 6.45) is 7.80. The Labute approximate surface area is 576 Å². The normalized spacial score (nSPS) is 13.7. The van der Waals surface area contributed by atoms with Gasteiger partial charge in [-0.1, -0.05) is 43.5 Å². The molecule has 7 aromatic carbocycles. The van der Waals surface area contributed by atoms with Gasteiger partial charge in [-0.3, -0.25) is 14.5 Å². The van der Waals surface area contributed by atoms with Crippen molar-refractivity contribution in [3.05, 3.63) is 207 Å². The molecule has 0 bridgehead atoms. The number of fused-ring (bicyclic) bond motifs is 4. The molecule has 18 nitrogen and oxygen atoms in total. The van der Waals surface area contributed by atoms with Crippen LogP contribution in [0.4, 0.5) is 5.69 Å². The molecule has 2 aliphatic rings. The second-order valence-electron chi connectivity index (χ2n) is 26.8. The Hall–Kier alpha value is -7.58. The first-order valence-corrected chi connectivity index (χ1v) is 41.6. The molecule has 6 N–H and O–H groups in total. The van der Waals surface area contributed by atoms with Crippen molar-refractivity contribution in [2.45, 2.75) is 81.1 Å². The molecular weight excluding hydrogens is 1320 g/mol. The van der Waals surface area contributed by atoms with Gasteiger partial charge in [0.05, 0.1) is 9.79 Å². The van der Waals surface area contributed by atoms with E-state index in [4.69, 9.17) is 0 Å². The van der Waals surface area contributed by atoms with Crippen LogP contribution in [0.25, 0.3) is 38.2 Å².